The molecule has 3 heterocycles. The molecule has 1 aromatic carbocycles. The van der Waals surface area contributed by atoms with E-state index in [1.54, 1.807) is 45.3 Å². The first-order valence-corrected chi connectivity index (χ1v) is 10.8. The zero-order valence-electron chi connectivity index (χ0n) is 18.2. The second-order valence-corrected chi connectivity index (χ2v) is 9.32. The Bertz CT molecular complexity index is 1120. The van der Waals surface area contributed by atoms with Gasteiger partial charge < -0.3 is 15.0 Å². The highest BCUT2D eigenvalue weighted by atomic mass is 35.5. The third-order valence-corrected chi connectivity index (χ3v) is 5.34. The number of hydrogen-bond donors (Lipinski definition) is 1. The van der Waals surface area contributed by atoms with E-state index in [1.807, 2.05) is 18.2 Å². The number of rotatable bonds is 3. The molecule has 4 rings (SSSR count). The fourth-order valence-corrected chi connectivity index (χ4v) is 3.86. The predicted octanol–water partition coefficient (Wildman–Crippen LogP) is 5.10. The fraction of sp³-hybridized carbons (Fsp3) is 0.391. The number of fused-ring (bicyclic) bond motifs is 1. The van der Waals surface area contributed by atoms with Crippen molar-refractivity contribution in [2.24, 2.45) is 0 Å². The van der Waals surface area contributed by atoms with Crippen LogP contribution < -0.4 is 5.32 Å². The van der Waals surface area contributed by atoms with Gasteiger partial charge >= 0.3 is 6.09 Å². The van der Waals surface area contributed by atoms with E-state index >= 15 is 0 Å². The van der Waals surface area contributed by atoms with Crippen LogP contribution in [0.25, 0.3) is 22.0 Å². The third-order valence-electron chi connectivity index (χ3n) is 5.09. The smallest absolute Gasteiger partial charge is 0.410 e. The van der Waals surface area contributed by atoms with Crippen LogP contribution in [0.1, 0.15) is 27.2 Å². The lowest BCUT2D eigenvalue weighted by atomic mass is 10.0. The Morgan fingerprint density at radius 2 is 1.91 bits per heavy atom. The minimum Gasteiger partial charge on any atom is -0.444 e. The summed E-state index contributed by atoms with van der Waals surface area (Å²) in [6.45, 7) is 5.67. The largest absolute Gasteiger partial charge is 0.444 e. The molecular formula is C23H25ClFN5O2. The molecule has 1 aliphatic heterocycles. The van der Waals surface area contributed by atoms with Crippen LogP contribution in [0.2, 0.25) is 5.02 Å². The molecule has 1 aliphatic rings. The molecule has 9 heteroatoms. The zero-order valence-corrected chi connectivity index (χ0v) is 18.9. The molecule has 0 aliphatic carbocycles. The van der Waals surface area contributed by atoms with E-state index < -0.39 is 17.9 Å². The standard InChI is InChI=1S/C23H25ClFN5O2/c1-23(2,3)32-22(31)30-12-16(25)10-17(13-30)27-21-19-11-26-9-8-18(19)20(28-29-21)14-4-6-15(24)7-5-14/h4-9,11,16-17H,10,12-13H2,1-3H3,(H,27,29)/t16-,17-/m1/s1. The molecule has 2 aromatic heterocycles. The Hall–Kier alpha value is -3.00. The Labute approximate surface area is 190 Å². The van der Waals surface area contributed by atoms with E-state index in [1.165, 1.54) is 4.90 Å². The van der Waals surface area contributed by atoms with Gasteiger partial charge in [-0.15, -0.1) is 10.2 Å². The number of amides is 1. The van der Waals surface area contributed by atoms with Crippen molar-refractivity contribution in [2.45, 2.75) is 45.0 Å². The number of carbonyl (C=O) groups excluding carboxylic acids is 1. The van der Waals surface area contributed by atoms with E-state index in [9.17, 15) is 9.18 Å². The van der Waals surface area contributed by atoms with Gasteiger partial charge in [0.05, 0.1) is 6.54 Å². The van der Waals surface area contributed by atoms with E-state index in [0.29, 0.717) is 23.1 Å². The molecule has 1 N–H and O–H groups in total. The van der Waals surface area contributed by atoms with Gasteiger partial charge in [0, 0.05) is 52.8 Å². The molecule has 0 radical (unpaired) electrons. The van der Waals surface area contributed by atoms with Crippen molar-refractivity contribution in [1.29, 1.82) is 0 Å². The molecule has 1 saturated heterocycles. The highest BCUT2D eigenvalue weighted by Crippen LogP contribution is 2.31. The summed E-state index contributed by atoms with van der Waals surface area (Å²) < 4.78 is 19.9. The summed E-state index contributed by atoms with van der Waals surface area (Å²) >= 11 is 6.01. The minimum absolute atomic E-state index is 0.0105. The number of pyridine rings is 1. The minimum atomic E-state index is -1.17. The molecule has 168 valence electrons. The second kappa shape index (κ2) is 8.86. The number of anilines is 1. The lowest BCUT2D eigenvalue weighted by molar-refractivity contribution is 0.0124. The number of nitrogens with zero attached hydrogens (tertiary/aromatic N) is 4. The quantitative estimate of drug-likeness (QED) is 0.589. The number of nitrogens with one attached hydrogen (secondary N) is 1. The summed E-state index contributed by atoms with van der Waals surface area (Å²) in [6.07, 6.45) is 1.95. The highest BCUT2D eigenvalue weighted by Gasteiger charge is 2.33. The van der Waals surface area contributed by atoms with Crippen molar-refractivity contribution in [1.82, 2.24) is 20.1 Å². The van der Waals surface area contributed by atoms with Crippen LogP contribution in [0.15, 0.2) is 42.7 Å². The maximum Gasteiger partial charge on any atom is 0.410 e. The number of alkyl halides is 1. The summed E-state index contributed by atoms with van der Waals surface area (Å²) in [5.74, 6) is 0.494. The summed E-state index contributed by atoms with van der Waals surface area (Å²) in [7, 11) is 0. The van der Waals surface area contributed by atoms with Gasteiger partial charge in [-0.3, -0.25) is 4.98 Å². The number of hydrogen-bond acceptors (Lipinski definition) is 6. The van der Waals surface area contributed by atoms with Crippen LogP contribution in [0.5, 0.6) is 0 Å². The molecule has 7 nitrogen and oxygen atoms in total. The summed E-state index contributed by atoms with van der Waals surface area (Å²) in [6, 6.07) is 8.88. The number of aromatic nitrogens is 3. The molecule has 0 saturated carbocycles. The lowest BCUT2D eigenvalue weighted by Crippen LogP contribution is -2.51. The summed E-state index contributed by atoms with van der Waals surface area (Å²) in [5, 5.41) is 14.3. The van der Waals surface area contributed by atoms with Gasteiger partial charge in [0.25, 0.3) is 0 Å². The van der Waals surface area contributed by atoms with E-state index in [4.69, 9.17) is 16.3 Å². The predicted molar refractivity (Wildman–Crippen MR) is 123 cm³/mol. The first-order valence-electron chi connectivity index (χ1n) is 10.4. The maximum absolute atomic E-state index is 14.5. The van der Waals surface area contributed by atoms with Crippen molar-refractivity contribution in [3.63, 3.8) is 0 Å². The molecule has 0 unspecified atom stereocenters. The average molecular weight is 458 g/mol. The molecule has 2 atom stereocenters. The number of carbonyl (C=O) groups is 1. The van der Waals surface area contributed by atoms with E-state index in [2.05, 4.69) is 20.5 Å². The van der Waals surface area contributed by atoms with Gasteiger partial charge in [-0.25, -0.2) is 9.18 Å². The van der Waals surface area contributed by atoms with Crippen LogP contribution in [0.3, 0.4) is 0 Å². The van der Waals surface area contributed by atoms with Crippen molar-refractivity contribution < 1.29 is 13.9 Å². The molecule has 1 fully saturated rings. The number of benzene rings is 1. The van der Waals surface area contributed by atoms with Crippen LogP contribution in [-0.4, -0.2) is 57.1 Å². The maximum atomic E-state index is 14.5. The van der Waals surface area contributed by atoms with Crippen LogP contribution >= 0.6 is 11.6 Å². The fourth-order valence-electron chi connectivity index (χ4n) is 3.74. The molecule has 1 amide bonds. The Kier molecular flexibility index (Phi) is 6.15. The zero-order chi connectivity index (χ0) is 22.9. The Morgan fingerprint density at radius 3 is 2.62 bits per heavy atom. The summed E-state index contributed by atoms with van der Waals surface area (Å²) in [4.78, 5) is 18.1. The van der Waals surface area contributed by atoms with Crippen LogP contribution in [-0.2, 0) is 4.74 Å². The number of piperidine rings is 1. The number of halogens is 2. The number of likely N-dealkylation sites (tertiary alicyclic amines) is 1. The van der Waals surface area contributed by atoms with Gasteiger partial charge in [0.15, 0.2) is 5.82 Å². The summed E-state index contributed by atoms with van der Waals surface area (Å²) in [5.41, 5.74) is 0.933. The number of ether oxygens (including phenoxy) is 1. The normalized spacial score (nSPS) is 19.1. The van der Waals surface area contributed by atoms with Crippen molar-refractivity contribution in [2.75, 3.05) is 18.4 Å². The SMILES string of the molecule is CC(C)(C)OC(=O)N1C[C@H](F)C[C@@H](Nc2nnc(-c3ccc(Cl)cc3)c3ccncc23)C1. The first kappa shape index (κ1) is 22.2. The first-order chi connectivity index (χ1) is 15.2. The molecule has 32 heavy (non-hydrogen) atoms. The highest BCUT2D eigenvalue weighted by molar-refractivity contribution is 6.30. The van der Waals surface area contributed by atoms with Crippen LogP contribution in [0.4, 0.5) is 15.0 Å². The van der Waals surface area contributed by atoms with Crippen molar-refractivity contribution in [3.05, 3.63) is 47.7 Å². The third kappa shape index (κ3) is 5.07. The van der Waals surface area contributed by atoms with Gasteiger partial charge in [-0.1, -0.05) is 23.7 Å². The van der Waals surface area contributed by atoms with Crippen molar-refractivity contribution in [3.8, 4) is 11.3 Å². The topological polar surface area (TPSA) is 80.2 Å². The molecular weight excluding hydrogens is 433 g/mol. The lowest BCUT2D eigenvalue weighted by Gasteiger charge is -2.36. The van der Waals surface area contributed by atoms with E-state index in [-0.39, 0.29) is 19.0 Å². The Balaban J connectivity index is 1.60. The van der Waals surface area contributed by atoms with Crippen molar-refractivity contribution >= 4 is 34.3 Å². The molecule has 0 bridgehead atoms. The molecule has 3 aromatic rings. The monoisotopic (exact) mass is 457 g/mol. The van der Waals surface area contributed by atoms with E-state index in [0.717, 1.165) is 16.3 Å². The average Bonchev–Trinajstić information content (AvgIpc) is 2.73. The van der Waals surface area contributed by atoms with Gasteiger partial charge in [0.1, 0.15) is 17.5 Å². The van der Waals surface area contributed by atoms with Gasteiger partial charge in [-0.05, 0) is 39.0 Å². The van der Waals surface area contributed by atoms with Gasteiger partial charge in [-0.2, -0.15) is 0 Å². The molecule has 0 spiro atoms. The van der Waals surface area contributed by atoms with Gasteiger partial charge in [0.2, 0.25) is 0 Å². The Morgan fingerprint density at radius 1 is 1.16 bits per heavy atom. The second-order valence-electron chi connectivity index (χ2n) is 8.88. The van der Waals surface area contributed by atoms with Crippen LogP contribution in [0, 0.1) is 0 Å².